The lowest BCUT2D eigenvalue weighted by atomic mass is 10.2. The smallest absolute Gasteiger partial charge is 0.264 e. The monoisotopic (exact) mass is 274 g/mol. The summed E-state index contributed by atoms with van der Waals surface area (Å²) >= 11 is 0. The highest BCUT2D eigenvalue weighted by Gasteiger charge is 2.13. The minimum atomic E-state index is -3.46. The summed E-state index contributed by atoms with van der Waals surface area (Å²) in [7, 11) is -1.93. The molecule has 0 N–H and O–H groups in total. The molecule has 0 spiro atoms. The predicted octanol–water partition coefficient (Wildman–Crippen LogP) is 1.19. The van der Waals surface area contributed by atoms with Gasteiger partial charge in [-0.15, -0.1) is 0 Å². The molecule has 0 heterocycles. The second-order valence-electron chi connectivity index (χ2n) is 3.86. The number of benzene rings is 1. The van der Waals surface area contributed by atoms with Crippen molar-refractivity contribution < 1.29 is 22.1 Å². The maximum absolute atomic E-state index is 10.9. The fourth-order valence-electron chi connectivity index (χ4n) is 1.32. The zero-order valence-corrected chi connectivity index (χ0v) is 11.4. The van der Waals surface area contributed by atoms with Gasteiger partial charge < -0.3 is 9.47 Å². The molecule has 0 saturated heterocycles. The van der Waals surface area contributed by atoms with Crippen LogP contribution in [0.3, 0.4) is 0 Å². The van der Waals surface area contributed by atoms with Crippen molar-refractivity contribution in [3.05, 3.63) is 35.9 Å². The average Bonchev–Trinajstić information content (AvgIpc) is 2.33. The van der Waals surface area contributed by atoms with Crippen LogP contribution in [0.15, 0.2) is 30.3 Å². The van der Waals surface area contributed by atoms with Crippen LogP contribution in [0, 0.1) is 0 Å². The van der Waals surface area contributed by atoms with E-state index in [4.69, 9.17) is 13.7 Å². The zero-order valence-electron chi connectivity index (χ0n) is 10.5. The maximum atomic E-state index is 10.9. The molecule has 0 fully saturated rings. The van der Waals surface area contributed by atoms with Crippen LogP contribution in [0.1, 0.15) is 5.56 Å². The third-order valence-electron chi connectivity index (χ3n) is 2.15. The number of methoxy groups -OCH3 is 1. The Hall–Kier alpha value is -0.950. The fraction of sp³-hybridized carbons (Fsp3) is 0.500. The van der Waals surface area contributed by atoms with Crippen LogP contribution in [0.5, 0.6) is 0 Å². The summed E-state index contributed by atoms with van der Waals surface area (Å²) in [6, 6.07) is 9.61. The molecule has 5 nitrogen and oxygen atoms in total. The van der Waals surface area contributed by atoms with Gasteiger partial charge in [-0.3, -0.25) is 4.18 Å². The Morgan fingerprint density at radius 3 is 2.39 bits per heavy atom. The number of hydrogen-bond acceptors (Lipinski definition) is 5. The minimum absolute atomic E-state index is 0.0422. The summed E-state index contributed by atoms with van der Waals surface area (Å²) < 4.78 is 37.0. The Labute approximate surface area is 108 Å². The topological polar surface area (TPSA) is 61.8 Å². The molecule has 0 aliphatic rings. The Kier molecular flexibility index (Phi) is 6.28. The van der Waals surface area contributed by atoms with Crippen molar-refractivity contribution in [2.24, 2.45) is 0 Å². The van der Waals surface area contributed by atoms with Crippen LogP contribution in [-0.4, -0.2) is 41.1 Å². The van der Waals surface area contributed by atoms with Crippen LogP contribution in [0.4, 0.5) is 0 Å². The van der Waals surface area contributed by atoms with E-state index >= 15 is 0 Å². The largest absolute Gasteiger partial charge is 0.382 e. The summed E-state index contributed by atoms with van der Waals surface area (Å²) in [4.78, 5) is 0. The average molecular weight is 274 g/mol. The Bertz CT molecular complexity index is 429. The molecule has 1 rings (SSSR count). The van der Waals surface area contributed by atoms with Gasteiger partial charge in [-0.25, -0.2) is 0 Å². The zero-order chi connectivity index (χ0) is 13.4. The molecule has 1 aromatic carbocycles. The third-order valence-corrected chi connectivity index (χ3v) is 2.71. The minimum Gasteiger partial charge on any atom is -0.382 e. The Morgan fingerprint density at radius 2 is 1.83 bits per heavy atom. The van der Waals surface area contributed by atoms with Crippen LogP contribution in [-0.2, 0) is 30.4 Å². The number of rotatable bonds is 8. The maximum Gasteiger partial charge on any atom is 0.264 e. The SMILES string of the molecule is COCC(COS(C)(=O)=O)OCc1ccccc1. The fourth-order valence-corrected chi connectivity index (χ4v) is 1.72. The number of ether oxygens (including phenoxy) is 2. The highest BCUT2D eigenvalue weighted by molar-refractivity contribution is 7.85. The molecule has 0 bridgehead atoms. The van der Waals surface area contributed by atoms with Gasteiger partial charge in [0.15, 0.2) is 0 Å². The van der Waals surface area contributed by atoms with Gasteiger partial charge in [0.25, 0.3) is 10.1 Å². The second-order valence-corrected chi connectivity index (χ2v) is 5.51. The van der Waals surface area contributed by atoms with Gasteiger partial charge in [0.2, 0.25) is 0 Å². The van der Waals surface area contributed by atoms with Gasteiger partial charge in [0.1, 0.15) is 6.10 Å². The van der Waals surface area contributed by atoms with Crippen LogP contribution >= 0.6 is 0 Å². The molecule has 0 aromatic heterocycles. The van der Waals surface area contributed by atoms with Crippen LogP contribution in [0.2, 0.25) is 0 Å². The molecule has 6 heteroatoms. The third kappa shape index (κ3) is 6.70. The van der Waals surface area contributed by atoms with Crippen molar-refractivity contribution in [1.29, 1.82) is 0 Å². The summed E-state index contributed by atoms with van der Waals surface area (Å²) in [6.07, 6.45) is 0.596. The predicted molar refractivity (Wildman–Crippen MR) is 67.7 cm³/mol. The normalized spacial score (nSPS) is 13.4. The second kappa shape index (κ2) is 7.48. The van der Waals surface area contributed by atoms with Gasteiger partial charge in [-0.05, 0) is 5.56 Å². The molecule has 0 aliphatic carbocycles. The summed E-state index contributed by atoms with van der Waals surface area (Å²) in [5, 5.41) is 0. The van der Waals surface area contributed by atoms with E-state index in [-0.39, 0.29) is 13.2 Å². The van der Waals surface area contributed by atoms with Crippen molar-refractivity contribution in [2.45, 2.75) is 12.7 Å². The number of hydrogen-bond donors (Lipinski definition) is 0. The standard InChI is InChI=1S/C12H18O5S/c1-15-9-12(10-17-18(2,13)14)16-8-11-6-4-3-5-7-11/h3-7,12H,8-10H2,1-2H3. The molecule has 0 amide bonds. The first-order valence-corrected chi connectivity index (χ1v) is 7.32. The highest BCUT2D eigenvalue weighted by atomic mass is 32.2. The first-order valence-electron chi connectivity index (χ1n) is 5.50. The summed E-state index contributed by atoms with van der Waals surface area (Å²) in [6.45, 7) is 0.629. The molecular formula is C12H18O5S. The van der Waals surface area contributed by atoms with E-state index in [1.165, 1.54) is 7.11 Å². The molecule has 18 heavy (non-hydrogen) atoms. The lowest BCUT2D eigenvalue weighted by Crippen LogP contribution is -2.26. The Balaban J connectivity index is 2.43. The molecule has 102 valence electrons. The van der Waals surface area contributed by atoms with Crippen LogP contribution < -0.4 is 0 Å². The molecule has 0 radical (unpaired) electrons. The van der Waals surface area contributed by atoms with Crippen LogP contribution in [0.25, 0.3) is 0 Å². The van der Waals surface area contributed by atoms with Crippen molar-refractivity contribution in [2.75, 3.05) is 26.6 Å². The quantitative estimate of drug-likeness (QED) is 0.666. The van der Waals surface area contributed by atoms with Crippen molar-refractivity contribution >= 4 is 10.1 Å². The summed E-state index contributed by atoms with van der Waals surface area (Å²) in [5.41, 5.74) is 1.01. The van der Waals surface area contributed by atoms with E-state index in [9.17, 15) is 8.42 Å². The van der Waals surface area contributed by atoms with E-state index in [1.54, 1.807) is 0 Å². The Morgan fingerprint density at radius 1 is 1.17 bits per heavy atom. The molecule has 1 atom stereocenters. The van der Waals surface area contributed by atoms with Gasteiger partial charge in [-0.2, -0.15) is 8.42 Å². The first kappa shape index (κ1) is 15.1. The van der Waals surface area contributed by atoms with Crippen molar-refractivity contribution in [3.63, 3.8) is 0 Å². The lowest BCUT2D eigenvalue weighted by Gasteiger charge is -2.16. The first-order chi connectivity index (χ1) is 8.51. The summed E-state index contributed by atoms with van der Waals surface area (Å²) in [5.74, 6) is 0. The molecule has 1 aromatic rings. The van der Waals surface area contributed by atoms with Crippen molar-refractivity contribution in [1.82, 2.24) is 0 Å². The molecule has 0 aliphatic heterocycles. The molecule has 0 saturated carbocycles. The van der Waals surface area contributed by atoms with E-state index in [0.717, 1.165) is 11.8 Å². The van der Waals surface area contributed by atoms with Crippen molar-refractivity contribution in [3.8, 4) is 0 Å². The van der Waals surface area contributed by atoms with E-state index in [0.29, 0.717) is 6.61 Å². The van der Waals surface area contributed by atoms with Gasteiger partial charge in [0, 0.05) is 7.11 Å². The molecule has 1 unspecified atom stereocenters. The molecular weight excluding hydrogens is 256 g/mol. The highest BCUT2D eigenvalue weighted by Crippen LogP contribution is 2.05. The van der Waals surface area contributed by atoms with E-state index in [2.05, 4.69) is 0 Å². The van der Waals surface area contributed by atoms with E-state index in [1.807, 2.05) is 30.3 Å². The van der Waals surface area contributed by atoms with Gasteiger partial charge in [0.05, 0.1) is 26.1 Å². The van der Waals surface area contributed by atoms with Gasteiger partial charge >= 0.3 is 0 Å². The lowest BCUT2D eigenvalue weighted by molar-refractivity contribution is -0.0326. The van der Waals surface area contributed by atoms with Gasteiger partial charge in [-0.1, -0.05) is 30.3 Å². The van der Waals surface area contributed by atoms with E-state index < -0.39 is 16.2 Å².